The molecule has 1 heterocycles. The van der Waals surface area contributed by atoms with E-state index in [4.69, 9.17) is 47.6 Å². The highest BCUT2D eigenvalue weighted by Gasteiger charge is 2.29. The number of carbonyl (C=O) groups is 8. The molecule has 0 aliphatic rings. The summed E-state index contributed by atoms with van der Waals surface area (Å²) in [4.78, 5) is 113. The number of aromatic nitrogens is 1. The van der Waals surface area contributed by atoms with Gasteiger partial charge in [0.15, 0.2) is 0 Å². The van der Waals surface area contributed by atoms with Gasteiger partial charge >= 0.3 is 0 Å². The third-order valence-corrected chi connectivity index (χ3v) is 14.3. The highest BCUT2D eigenvalue weighted by molar-refractivity contribution is 6.07. The van der Waals surface area contributed by atoms with Crippen molar-refractivity contribution in [3.63, 3.8) is 0 Å². The standard InChI is InChI=1S/C62H79N13O12/c1-84-51-24-19-37(31-42(51)55(67)76)70-60(81)48(15-7-10-28-63)73-57(78)44-33-39(21-26-53(44)86-3)72-62(83)50(17-9-12-30-65)75-58(79)45-34-40(22-27-54(45)87-4)71-61(82)49(16-8-11-29-64)74-56(77)43-32-38(20-25-52(43)85-2)69-59(80)46(66)23-18-36-35-68-47-14-6-5-13-41(36)47/h5-6,13-14,19-22,24-27,31-35,46,48-50,68H,7-12,15-18,23,28-30,63-66H2,1-4H3,(H2,67,76)(H,69,80)(H,70,81)(H,71,82)(H,72,83)(H,73,78)(H,74,77)(H,75,79)/t46-,48-,49-,50-/m0/s1. The number of nitrogens with two attached hydrogens (primary N) is 5. The van der Waals surface area contributed by atoms with E-state index in [0.717, 1.165) is 16.5 Å². The second kappa shape index (κ2) is 33.2. The van der Waals surface area contributed by atoms with Crippen LogP contribution in [-0.4, -0.2) is 124 Å². The number of fused-ring (bicyclic) bond motifs is 1. The van der Waals surface area contributed by atoms with Crippen LogP contribution >= 0.6 is 0 Å². The van der Waals surface area contributed by atoms with Crippen LogP contribution in [0.3, 0.4) is 0 Å². The molecule has 25 heteroatoms. The van der Waals surface area contributed by atoms with Crippen LogP contribution in [0.5, 0.6) is 23.0 Å². The maximum absolute atomic E-state index is 14.3. The minimum absolute atomic E-state index is 0.0284. The number of ether oxygens (including phenoxy) is 4. The van der Waals surface area contributed by atoms with E-state index in [0.29, 0.717) is 71.0 Å². The average Bonchev–Trinajstić information content (AvgIpc) is 3.14. The van der Waals surface area contributed by atoms with Gasteiger partial charge in [0, 0.05) is 39.8 Å². The molecule has 87 heavy (non-hydrogen) atoms. The van der Waals surface area contributed by atoms with Crippen LogP contribution in [0, 0.1) is 0 Å². The third-order valence-electron chi connectivity index (χ3n) is 14.3. The van der Waals surface area contributed by atoms with Gasteiger partial charge in [0.1, 0.15) is 41.1 Å². The number of methoxy groups -OCH3 is 4. The lowest BCUT2D eigenvalue weighted by atomic mass is 10.0. The molecule has 8 amide bonds. The SMILES string of the molecule is COc1ccc(NC(=O)[C@H](CCCCN)NC(=O)c2cc(NC(=O)[C@H](CCCCN)NC(=O)c3cc(NC(=O)[C@H](CCCCN)NC(=O)c4cc(NC(=O)[C@@H](N)CCc5c[nH]c6ccccc56)ccc4OC)ccc3OC)ccc2OC)cc1C(N)=O. The molecule has 0 bridgehead atoms. The fraction of sp³-hybridized carbons (Fsp3) is 0.355. The highest BCUT2D eigenvalue weighted by atomic mass is 16.5. The van der Waals surface area contributed by atoms with E-state index < -0.39 is 71.4 Å². The summed E-state index contributed by atoms with van der Waals surface area (Å²) in [7, 11) is 5.45. The molecule has 0 saturated carbocycles. The molecule has 1 aromatic heterocycles. The Balaban J connectivity index is 1.15. The van der Waals surface area contributed by atoms with Crippen molar-refractivity contribution in [3.8, 4) is 23.0 Å². The molecule has 0 unspecified atom stereocenters. The van der Waals surface area contributed by atoms with Crippen molar-refractivity contribution in [2.75, 3.05) is 69.3 Å². The van der Waals surface area contributed by atoms with E-state index in [1.165, 1.54) is 95.2 Å². The molecule has 0 fully saturated rings. The molecule has 0 aliphatic heterocycles. The largest absolute Gasteiger partial charge is 0.496 e. The van der Waals surface area contributed by atoms with Crippen molar-refractivity contribution in [1.29, 1.82) is 0 Å². The molecule has 0 spiro atoms. The number of para-hydroxylation sites is 1. The molecule has 6 aromatic rings. The Labute approximate surface area is 504 Å². The van der Waals surface area contributed by atoms with E-state index in [9.17, 15) is 38.4 Å². The van der Waals surface area contributed by atoms with Crippen molar-refractivity contribution < 1.29 is 57.3 Å². The first kappa shape index (κ1) is 66.6. The number of benzene rings is 5. The van der Waals surface area contributed by atoms with Crippen molar-refractivity contribution in [1.82, 2.24) is 20.9 Å². The molecule has 4 atom stereocenters. The number of amides is 8. The third kappa shape index (κ3) is 18.7. The summed E-state index contributed by atoms with van der Waals surface area (Å²) >= 11 is 0. The van der Waals surface area contributed by atoms with Gasteiger partial charge in [-0.15, -0.1) is 0 Å². The fourth-order valence-electron chi connectivity index (χ4n) is 9.56. The zero-order valence-corrected chi connectivity index (χ0v) is 49.3. The van der Waals surface area contributed by atoms with Crippen molar-refractivity contribution in [3.05, 3.63) is 131 Å². The van der Waals surface area contributed by atoms with E-state index in [-0.39, 0.29) is 87.3 Å². The van der Waals surface area contributed by atoms with E-state index in [1.807, 2.05) is 30.5 Å². The van der Waals surface area contributed by atoms with Gasteiger partial charge in [-0.2, -0.15) is 0 Å². The minimum Gasteiger partial charge on any atom is -0.496 e. The predicted molar refractivity (Wildman–Crippen MR) is 332 cm³/mol. The highest BCUT2D eigenvalue weighted by Crippen LogP contribution is 2.29. The fourth-order valence-corrected chi connectivity index (χ4v) is 9.56. The number of hydrogen-bond acceptors (Lipinski definition) is 16. The zero-order valence-electron chi connectivity index (χ0n) is 49.3. The van der Waals surface area contributed by atoms with Crippen molar-refractivity contribution in [2.24, 2.45) is 28.7 Å². The Morgan fingerprint density at radius 1 is 0.448 bits per heavy atom. The molecule has 5 aromatic carbocycles. The topological polar surface area (TPSA) is 404 Å². The van der Waals surface area contributed by atoms with Gasteiger partial charge < -0.3 is 89.8 Å². The first-order chi connectivity index (χ1) is 41.9. The molecule has 6 rings (SSSR count). The summed E-state index contributed by atoms with van der Waals surface area (Å²) in [5.74, 6) is -4.67. The zero-order chi connectivity index (χ0) is 63.0. The second-order valence-electron chi connectivity index (χ2n) is 20.4. The van der Waals surface area contributed by atoms with Crippen LogP contribution in [0.4, 0.5) is 22.7 Å². The quantitative estimate of drug-likeness (QED) is 0.0241. The molecule has 0 aliphatic carbocycles. The lowest BCUT2D eigenvalue weighted by Crippen LogP contribution is -2.44. The normalized spacial score (nSPS) is 12.3. The number of nitrogens with one attached hydrogen (secondary N) is 8. The Hall–Kier alpha value is -9.56. The number of aromatic amines is 1. The predicted octanol–water partition coefficient (Wildman–Crippen LogP) is 4.80. The summed E-state index contributed by atoms with van der Waals surface area (Å²) < 4.78 is 21.8. The van der Waals surface area contributed by atoms with Crippen LogP contribution in [0.2, 0.25) is 0 Å². The molecule has 464 valence electrons. The van der Waals surface area contributed by atoms with Gasteiger partial charge in [-0.05, 0) is 175 Å². The Morgan fingerprint density at radius 3 is 1.15 bits per heavy atom. The van der Waals surface area contributed by atoms with Gasteiger partial charge in [0.2, 0.25) is 23.6 Å². The number of anilines is 4. The number of rotatable bonds is 34. The minimum atomic E-state index is -1.17. The molecule has 0 saturated heterocycles. The number of primary amides is 1. The van der Waals surface area contributed by atoms with Crippen molar-refractivity contribution >= 4 is 80.9 Å². The first-order valence-electron chi connectivity index (χ1n) is 28.5. The van der Waals surface area contributed by atoms with E-state index in [2.05, 4.69) is 42.2 Å². The Morgan fingerprint density at radius 2 is 0.793 bits per heavy atom. The van der Waals surface area contributed by atoms with E-state index in [1.54, 1.807) is 6.07 Å². The summed E-state index contributed by atoms with van der Waals surface area (Å²) in [5, 5.41) is 20.5. The average molecular weight is 1200 g/mol. The van der Waals surface area contributed by atoms with Crippen LogP contribution < -0.4 is 84.8 Å². The maximum atomic E-state index is 14.3. The summed E-state index contributed by atoms with van der Waals surface area (Å²) in [6.45, 7) is 0.983. The summed E-state index contributed by atoms with van der Waals surface area (Å²) in [6, 6.07) is 21.1. The van der Waals surface area contributed by atoms with Gasteiger partial charge in [0.05, 0.1) is 56.7 Å². The Kier molecular flexibility index (Phi) is 25.4. The number of aryl methyl sites for hydroxylation is 1. The van der Waals surface area contributed by atoms with E-state index >= 15 is 0 Å². The van der Waals surface area contributed by atoms with Crippen LogP contribution in [0.15, 0.2) is 103 Å². The number of H-pyrrole nitrogens is 1. The lowest BCUT2D eigenvalue weighted by molar-refractivity contribution is -0.118. The Bertz CT molecular complexity index is 3390. The number of hydrogen-bond donors (Lipinski definition) is 13. The maximum Gasteiger partial charge on any atom is 0.255 e. The van der Waals surface area contributed by atoms with Crippen LogP contribution in [0.1, 0.15) is 111 Å². The van der Waals surface area contributed by atoms with Crippen molar-refractivity contribution in [2.45, 2.75) is 94.8 Å². The molecule has 18 N–H and O–H groups in total. The van der Waals surface area contributed by atoms with Gasteiger partial charge in [-0.3, -0.25) is 38.4 Å². The van der Waals surface area contributed by atoms with Gasteiger partial charge in [0.25, 0.3) is 23.6 Å². The lowest BCUT2D eigenvalue weighted by Gasteiger charge is -2.22. The number of carbonyl (C=O) groups excluding carboxylic acids is 8. The molecule has 25 nitrogen and oxygen atoms in total. The smallest absolute Gasteiger partial charge is 0.255 e. The van der Waals surface area contributed by atoms with Gasteiger partial charge in [-0.25, -0.2) is 0 Å². The molecule has 0 radical (unpaired) electrons. The molecular formula is C62H79N13O12. The summed E-state index contributed by atoms with van der Waals surface area (Å²) in [5.41, 5.74) is 32.0. The van der Waals surface area contributed by atoms with Crippen LogP contribution in [-0.2, 0) is 25.6 Å². The molecular weight excluding hydrogens is 1120 g/mol. The van der Waals surface area contributed by atoms with Gasteiger partial charge in [-0.1, -0.05) is 18.2 Å². The summed E-state index contributed by atoms with van der Waals surface area (Å²) in [6.07, 6.45) is 6.25. The first-order valence-corrected chi connectivity index (χ1v) is 28.5. The second-order valence-corrected chi connectivity index (χ2v) is 20.4. The van der Waals surface area contributed by atoms with Crippen LogP contribution in [0.25, 0.3) is 10.9 Å². The monoisotopic (exact) mass is 1200 g/mol. The number of unbranched alkanes of at least 4 members (excludes halogenated alkanes) is 3.